The van der Waals surface area contributed by atoms with Crippen LogP contribution >= 0.6 is 31.9 Å². The summed E-state index contributed by atoms with van der Waals surface area (Å²) in [4.78, 5) is 24.8. The maximum atomic E-state index is 12.9. The Kier molecular flexibility index (Phi) is 5.24. The van der Waals surface area contributed by atoms with E-state index in [-0.39, 0.29) is 11.9 Å². The number of carbonyl (C=O) groups is 2. The van der Waals surface area contributed by atoms with Gasteiger partial charge in [0.1, 0.15) is 0 Å². The zero-order valence-electron chi connectivity index (χ0n) is 13.3. The van der Waals surface area contributed by atoms with Crippen LogP contribution < -0.4 is 16.0 Å². The molecule has 0 unspecified atom stereocenters. The molecule has 2 aromatic carbocycles. The van der Waals surface area contributed by atoms with E-state index in [4.69, 9.17) is 0 Å². The first-order chi connectivity index (χ1) is 11.9. The van der Waals surface area contributed by atoms with E-state index in [1.54, 1.807) is 19.1 Å². The lowest BCUT2D eigenvalue weighted by atomic mass is 9.95. The molecule has 0 fully saturated rings. The molecule has 3 N–H and O–H groups in total. The molecule has 0 aromatic heterocycles. The van der Waals surface area contributed by atoms with Gasteiger partial charge >= 0.3 is 6.03 Å². The second kappa shape index (κ2) is 7.41. The minimum Gasteiger partial charge on any atom is -0.327 e. The lowest BCUT2D eigenvalue weighted by molar-refractivity contribution is -0.113. The van der Waals surface area contributed by atoms with Gasteiger partial charge in [0.05, 0.1) is 11.6 Å². The first kappa shape index (κ1) is 17.7. The van der Waals surface area contributed by atoms with Gasteiger partial charge in [0.2, 0.25) is 0 Å². The van der Waals surface area contributed by atoms with Gasteiger partial charge in [-0.15, -0.1) is 0 Å². The van der Waals surface area contributed by atoms with E-state index < -0.39 is 6.04 Å². The molecule has 0 spiro atoms. The Bertz CT molecular complexity index is 863. The van der Waals surface area contributed by atoms with Crippen LogP contribution in [0.5, 0.6) is 0 Å². The van der Waals surface area contributed by atoms with E-state index in [9.17, 15) is 9.59 Å². The first-order valence-corrected chi connectivity index (χ1v) is 9.13. The highest BCUT2D eigenvalue weighted by Gasteiger charge is 2.31. The largest absolute Gasteiger partial charge is 0.327 e. The molecule has 1 aliphatic rings. The summed E-state index contributed by atoms with van der Waals surface area (Å²) in [6, 6.07) is 14.0. The van der Waals surface area contributed by atoms with Gasteiger partial charge in [-0.2, -0.15) is 0 Å². The fourth-order valence-electron chi connectivity index (χ4n) is 2.66. The van der Waals surface area contributed by atoms with Crippen LogP contribution in [0.1, 0.15) is 18.5 Å². The summed E-state index contributed by atoms with van der Waals surface area (Å²) in [6.45, 7) is 1.72. The molecular formula is C18H15Br2N3O2. The molecule has 0 aliphatic carbocycles. The molecule has 25 heavy (non-hydrogen) atoms. The predicted octanol–water partition coefficient (Wildman–Crippen LogP) is 4.48. The van der Waals surface area contributed by atoms with E-state index in [2.05, 4.69) is 47.8 Å². The second-order valence-corrected chi connectivity index (χ2v) is 7.42. The number of benzene rings is 2. The van der Waals surface area contributed by atoms with Crippen molar-refractivity contribution in [1.29, 1.82) is 0 Å². The van der Waals surface area contributed by atoms with Crippen molar-refractivity contribution in [3.63, 3.8) is 0 Å². The molecule has 0 bridgehead atoms. The predicted molar refractivity (Wildman–Crippen MR) is 104 cm³/mol. The molecule has 7 heteroatoms. The second-order valence-electron chi connectivity index (χ2n) is 5.59. The fourth-order valence-corrected chi connectivity index (χ4v) is 3.34. The molecule has 0 radical (unpaired) electrons. The molecular weight excluding hydrogens is 450 g/mol. The average Bonchev–Trinajstić information content (AvgIpc) is 2.56. The smallest absolute Gasteiger partial charge is 0.319 e. The Morgan fingerprint density at radius 1 is 1.08 bits per heavy atom. The minimum absolute atomic E-state index is 0.266. The third kappa shape index (κ3) is 4.11. The monoisotopic (exact) mass is 463 g/mol. The number of allylic oxidation sites excluding steroid dienone is 1. The van der Waals surface area contributed by atoms with Gasteiger partial charge in [0, 0.05) is 20.3 Å². The number of nitrogens with one attached hydrogen (secondary N) is 3. The van der Waals surface area contributed by atoms with Gasteiger partial charge in [-0.3, -0.25) is 4.79 Å². The van der Waals surface area contributed by atoms with Gasteiger partial charge in [-0.05, 0) is 48.9 Å². The zero-order chi connectivity index (χ0) is 18.0. The number of halogens is 2. The number of urea groups is 1. The molecule has 2 aromatic rings. The topological polar surface area (TPSA) is 70.2 Å². The van der Waals surface area contributed by atoms with Gasteiger partial charge in [0.15, 0.2) is 0 Å². The standard InChI is InChI=1S/C18H15Br2N3O2/c1-10-15(17(24)22-14-7-5-12(19)6-8-14)16(23-18(25)21-10)11-3-2-4-13(20)9-11/h2-9,16H,1H3,(H,22,24)(H2,21,23,25)/t16-/m0/s1. The molecule has 1 aliphatic heterocycles. The van der Waals surface area contributed by atoms with Crippen LogP contribution in [-0.2, 0) is 4.79 Å². The Hall–Kier alpha value is -2.12. The number of amides is 3. The number of hydrogen-bond acceptors (Lipinski definition) is 2. The fraction of sp³-hybridized carbons (Fsp3) is 0.111. The highest BCUT2D eigenvalue weighted by molar-refractivity contribution is 9.10. The average molecular weight is 465 g/mol. The summed E-state index contributed by atoms with van der Waals surface area (Å²) in [7, 11) is 0. The van der Waals surface area contributed by atoms with E-state index in [1.165, 1.54) is 0 Å². The molecule has 3 rings (SSSR count). The third-order valence-corrected chi connectivity index (χ3v) is 4.82. The number of carbonyl (C=O) groups excluding carboxylic acids is 2. The van der Waals surface area contributed by atoms with Crippen LogP contribution in [0.4, 0.5) is 10.5 Å². The van der Waals surface area contributed by atoms with Gasteiger partial charge in [0.25, 0.3) is 5.91 Å². The van der Waals surface area contributed by atoms with Crippen molar-refractivity contribution >= 4 is 49.5 Å². The van der Waals surface area contributed by atoms with Crippen LogP contribution in [0.2, 0.25) is 0 Å². The van der Waals surface area contributed by atoms with Crippen LogP contribution in [-0.4, -0.2) is 11.9 Å². The van der Waals surface area contributed by atoms with Gasteiger partial charge in [-0.25, -0.2) is 4.79 Å². The summed E-state index contributed by atoms with van der Waals surface area (Å²) in [5, 5.41) is 8.37. The SMILES string of the molecule is CC1=C(C(=O)Nc2ccc(Br)cc2)[C@H](c2cccc(Br)c2)NC(=O)N1. The first-order valence-electron chi connectivity index (χ1n) is 7.54. The lowest BCUT2D eigenvalue weighted by Gasteiger charge is -2.28. The normalized spacial score (nSPS) is 16.9. The maximum Gasteiger partial charge on any atom is 0.319 e. The molecule has 0 saturated carbocycles. The quantitative estimate of drug-likeness (QED) is 0.626. The van der Waals surface area contributed by atoms with Gasteiger partial charge < -0.3 is 16.0 Å². The van der Waals surface area contributed by atoms with Crippen molar-refractivity contribution in [1.82, 2.24) is 10.6 Å². The maximum absolute atomic E-state index is 12.9. The molecule has 0 saturated heterocycles. The summed E-state index contributed by atoms with van der Waals surface area (Å²) in [6.07, 6.45) is 0. The molecule has 128 valence electrons. The van der Waals surface area contributed by atoms with Crippen molar-refractivity contribution in [2.45, 2.75) is 13.0 Å². The summed E-state index contributed by atoms with van der Waals surface area (Å²) >= 11 is 6.79. The Morgan fingerprint density at radius 2 is 1.80 bits per heavy atom. The summed E-state index contributed by atoms with van der Waals surface area (Å²) in [5.41, 5.74) is 2.51. The van der Waals surface area contributed by atoms with Crippen LogP contribution in [0.3, 0.4) is 0 Å². The number of anilines is 1. The summed E-state index contributed by atoms with van der Waals surface area (Å²) in [5.74, 6) is -0.266. The highest BCUT2D eigenvalue weighted by Crippen LogP contribution is 2.29. The highest BCUT2D eigenvalue weighted by atomic mass is 79.9. The van der Waals surface area contributed by atoms with Crippen molar-refractivity contribution in [3.8, 4) is 0 Å². The van der Waals surface area contributed by atoms with E-state index >= 15 is 0 Å². The van der Waals surface area contributed by atoms with E-state index in [1.807, 2.05) is 36.4 Å². The van der Waals surface area contributed by atoms with Crippen LogP contribution in [0.25, 0.3) is 0 Å². The Labute approximate surface area is 162 Å². The summed E-state index contributed by atoms with van der Waals surface area (Å²) < 4.78 is 1.81. The molecule has 3 amide bonds. The van der Waals surface area contributed by atoms with Crippen molar-refractivity contribution in [2.75, 3.05) is 5.32 Å². The lowest BCUT2D eigenvalue weighted by Crippen LogP contribution is -2.45. The molecule has 5 nitrogen and oxygen atoms in total. The third-order valence-electron chi connectivity index (χ3n) is 3.80. The van der Waals surface area contributed by atoms with Crippen LogP contribution in [0.15, 0.2) is 68.7 Å². The van der Waals surface area contributed by atoms with Crippen molar-refractivity contribution in [2.24, 2.45) is 0 Å². The number of hydrogen-bond donors (Lipinski definition) is 3. The van der Waals surface area contributed by atoms with Crippen molar-refractivity contribution < 1.29 is 9.59 Å². The van der Waals surface area contributed by atoms with Crippen LogP contribution in [0, 0.1) is 0 Å². The molecule has 1 heterocycles. The van der Waals surface area contributed by atoms with E-state index in [0.717, 1.165) is 14.5 Å². The number of rotatable bonds is 3. The Balaban J connectivity index is 1.94. The Morgan fingerprint density at radius 3 is 2.48 bits per heavy atom. The van der Waals surface area contributed by atoms with Gasteiger partial charge in [-0.1, -0.05) is 44.0 Å². The van der Waals surface area contributed by atoms with E-state index in [0.29, 0.717) is 17.0 Å². The minimum atomic E-state index is -0.526. The van der Waals surface area contributed by atoms with Crippen molar-refractivity contribution in [3.05, 3.63) is 74.3 Å². The molecule has 1 atom stereocenters. The zero-order valence-corrected chi connectivity index (χ0v) is 16.4.